The third-order valence-corrected chi connectivity index (χ3v) is 2.33. The van der Waals surface area contributed by atoms with E-state index < -0.39 is 5.91 Å². The van der Waals surface area contributed by atoms with E-state index in [1.165, 1.54) is 11.3 Å². The van der Waals surface area contributed by atoms with Crippen molar-refractivity contribution in [2.45, 2.75) is 13.3 Å². The molecule has 1 rings (SSSR count). The first kappa shape index (κ1) is 9.73. The van der Waals surface area contributed by atoms with Gasteiger partial charge in [0.15, 0.2) is 0 Å². The first-order valence-electron chi connectivity index (χ1n) is 3.70. The van der Waals surface area contributed by atoms with E-state index in [1.54, 1.807) is 0 Å². The molecule has 0 atom stereocenters. The van der Waals surface area contributed by atoms with E-state index in [2.05, 4.69) is 5.32 Å². The lowest BCUT2D eigenvalue weighted by atomic mass is 10.3. The van der Waals surface area contributed by atoms with E-state index in [0.717, 1.165) is 11.3 Å². The number of primary amides is 1. The van der Waals surface area contributed by atoms with Crippen molar-refractivity contribution in [3.63, 3.8) is 0 Å². The number of anilines is 1. The zero-order chi connectivity index (χ0) is 9.84. The van der Waals surface area contributed by atoms with Crippen molar-refractivity contribution in [1.82, 2.24) is 0 Å². The molecule has 4 nitrogen and oxygen atoms in total. The standard InChI is InChI=1S/C8H10N2O2S/c1-5-3-13-4-6(5)10-8(12)2-7(9)11/h3-4H,2H2,1H3,(H2,9,11)(H,10,12). The Morgan fingerprint density at radius 1 is 1.54 bits per heavy atom. The molecule has 0 saturated carbocycles. The SMILES string of the molecule is Cc1cscc1NC(=O)CC(N)=O. The molecule has 70 valence electrons. The fraction of sp³-hybridized carbons (Fsp3) is 0.250. The van der Waals surface area contributed by atoms with Gasteiger partial charge in [-0.15, -0.1) is 11.3 Å². The van der Waals surface area contributed by atoms with Gasteiger partial charge in [0.2, 0.25) is 11.8 Å². The number of aryl methyl sites for hydroxylation is 1. The van der Waals surface area contributed by atoms with Crippen LogP contribution in [0.3, 0.4) is 0 Å². The summed E-state index contributed by atoms with van der Waals surface area (Å²) in [6.45, 7) is 1.89. The zero-order valence-corrected chi connectivity index (χ0v) is 7.98. The molecule has 0 bridgehead atoms. The number of nitrogens with two attached hydrogens (primary N) is 1. The minimum absolute atomic E-state index is 0.269. The van der Waals surface area contributed by atoms with Crippen molar-refractivity contribution in [2.24, 2.45) is 5.73 Å². The second-order valence-corrected chi connectivity index (χ2v) is 3.40. The molecular weight excluding hydrogens is 188 g/mol. The summed E-state index contributed by atoms with van der Waals surface area (Å²) in [5.74, 6) is -0.987. The van der Waals surface area contributed by atoms with Gasteiger partial charge in [0.25, 0.3) is 0 Å². The third-order valence-electron chi connectivity index (χ3n) is 1.46. The number of rotatable bonds is 3. The van der Waals surface area contributed by atoms with Crippen molar-refractivity contribution in [2.75, 3.05) is 5.32 Å². The van der Waals surface area contributed by atoms with Crippen LogP contribution in [0, 0.1) is 6.92 Å². The maximum Gasteiger partial charge on any atom is 0.233 e. The van der Waals surface area contributed by atoms with Crippen molar-refractivity contribution in [3.8, 4) is 0 Å². The molecule has 0 radical (unpaired) electrons. The average Bonchev–Trinajstić information content (AvgIpc) is 2.34. The Labute approximate surface area is 79.7 Å². The molecule has 0 unspecified atom stereocenters. The number of amides is 2. The first-order valence-corrected chi connectivity index (χ1v) is 4.65. The Morgan fingerprint density at radius 3 is 2.69 bits per heavy atom. The highest BCUT2D eigenvalue weighted by atomic mass is 32.1. The first-order chi connectivity index (χ1) is 6.09. The van der Waals surface area contributed by atoms with Gasteiger partial charge in [0.1, 0.15) is 6.42 Å². The number of hydrogen-bond acceptors (Lipinski definition) is 3. The quantitative estimate of drug-likeness (QED) is 0.707. The zero-order valence-electron chi connectivity index (χ0n) is 7.16. The summed E-state index contributed by atoms with van der Waals surface area (Å²) in [6, 6.07) is 0. The fourth-order valence-corrected chi connectivity index (χ4v) is 1.62. The normalized spacial score (nSPS) is 9.62. The van der Waals surface area contributed by atoms with Crippen LogP contribution in [0.5, 0.6) is 0 Å². The van der Waals surface area contributed by atoms with Crippen LogP contribution >= 0.6 is 11.3 Å². The smallest absolute Gasteiger partial charge is 0.233 e. The summed E-state index contributed by atoms with van der Waals surface area (Å²) in [5, 5.41) is 6.32. The molecular formula is C8H10N2O2S. The van der Waals surface area contributed by atoms with Crippen LogP contribution in [0.2, 0.25) is 0 Å². The molecule has 5 heteroatoms. The molecule has 0 spiro atoms. The summed E-state index contributed by atoms with van der Waals surface area (Å²) in [7, 11) is 0. The molecule has 2 amide bonds. The maximum atomic E-state index is 11.1. The van der Waals surface area contributed by atoms with E-state index in [-0.39, 0.29) is 12.3 Å². The van der Waals surface area contributed by atoms with Crippen molar-refractivity contribution >= 4 is 28.8 Å². The Hall–Kier alpha value is -1.36. The predicted molar refractivity (Wildman–Crippen MR) is 51.5 cm³/mol. The van der Waals surface area contributed by atoms with Crippen LogP contribution in [0.25, 0.3) is 0 Å². The highest BCUT2D eigenvalue weighted by Gasteiger charge is 2.07. The van der Waals surface area contributed by atoms with Crippen molar-refractivity contribution < 1.29 is 9.59 Å². The summed E-state index contributed by atoms with van der Waals surface area (Å²) < 4.78 is 0. The molecule has 0 aliphatic rings. The fourth-order valence-electron chi connectivity index (χ4n) is 0.841. The molecule has 1 heterocycles. The number of nitrogens with one attached hydrogen (secondary N) is 1. The highest BCUT2D eigenvalue weighted by molar-refractivity contribution is 7.08. The van der Waals surface area contributed by atoms with Gasteiger partial charge in [-0.1, -0.05) is 0 Å². The number of thiophene rings is 1. The van der Waals surface area contributed by atoms with Crippen LogP contribution in [0.1, 0.15) is 12.0 Å². The topological polar surface area (TPSA) is 72.2 Å². The largest absolute Gasteiger partial charge is 0.369 e. The predicted octanol–water partition coefficient (Wildman–Crippen LogP) is 0.870. The molecule has 1 aromatic heterocycles. The number of carbonyl (C=O) groups excluding carboxylic acids is 2. The van der Waals surface area contributed by atoms with Gasteiger partial charge in [-0.25, -0.2) is 0 Å². The minimum atomic E-state index is -0.620. The molecule has 13 heavy (non-hydrogen) atoms. The second kappa shape index (κ2) is 4.04. The van der Waals surface area contributed by atoms with Crippen LogP contribution in [0.4, 0.5) is 5.69 Å². The van der Waals surface area contributed by atoms with Gasteiger partial charge in [-0.3, -0.25) is 9.59 Å². The van der Waals surface area contributed by atoms with Crippen LogP contribution < -0.4 is 11.1 Å². The molecule has 0 aromatic carbocycles. The van der Waals surface area contributed by atoms with Crippen molar-refractivity contribution in [3.05, 3.63) is 16.3 Å². The van der Waals surface area contributed by atoms with E-state index in [1.807, 2.05) is 17.7 Å². The maximum absolute atomic E-state index is 11.1. The van der Waals surface area contributed by atoms with E-state index in [9.17, 15) is 9.59 Å². The molecule has 0 fully saturated rings. The van der Waals surface area contributed by atoms with E-state index >= 15 is 0 Å². The second-order valence-electron chi connectivity index (χ2n) is 2.66. The Morgan fingerprint density at radius 2 is 2.23 bits per heavy atom. The van der Waals surface area contributed by atoms with Gasteiger partial charge in [-0.05, 0) is 17.9 Å². The Kier molecular flexibility index (Phi) is 3.02. The number of carbonyl (C=O) groups is 2. The van der Waals surface area contributed by atoms with E-state index in [4.69, 9.17) is 5.73 Å². The Bertz CT molecular complexity index is 333. The van der Waals surface area contributed by atoms with Gasteiger partial charge >= 0.3 is 0 Å². The van der Waals surface area contributed by atoms with Gasteiger partial charge in [0, 0.05) is 5.38 Å². The minimum Gasteiger partial charge on any atom is -0.369 e. The Balaban J connectivity index is 2.55. The summed E-state index contributed by atoms with van der Waals surface area (Å²) >= 11 is 1.50. The van der Waals surface area contributed by atoms with Gasteiger partial charge in [-0.2, -0.15) is 0 Å². The summed E-state index contributed by atoms with van der Waals surface area (Å²) in [4.78, 5) is 21.5. The van der Waals surface area contributed by atoms with Crippen LogP contribution in [-0.4, -0.2) is 11.8 Å². The molecule has 1 aromatic rings. The third kappa shape index (κ3) is 2.87. The van der Waals surface area contributed by atoms with Gasteiger partial charge in [0.05, 0.1) is 5.69 Å². The van der Waals surface area contributed by atoms with Crippen molar-refractivity contribution in [1.29, 1.82) is 0 Å². The lowest BCUT2D eigenvalue weighted by Gasteiger charge is -2.01. The van der Waals surface area contributed by atoms with Crippen LogP contribution in [-0.2, 0) is 9.59 Å². The molecule has 0 saturated heterocycles. The molecule has 0 aliphatic heterocycles. The molecule has 0 aliphatic carbocycles. The average molecular weight is 198 g/mol. The highest BCUT2D eigenvalue weighted by Crippen LogP contribution is 2.19. The van der Waals surface area contributed by atoms with Crippen LogP contribution in [0.15, 0.2) is 10.8 Å². The lowest BCUT2D eigenvalue weighted by Crippen LogP contribution is -2.21. The van der Waals surface area contributed by atoms with E-state index in [0.29, 0.717) is 0 Å². The van der Waals surface area contributed by atoms with Gasteiger partial charge < -0.3 is 11.1 Å². The summed E-state index contributed by atoms with van der Waals surface area (Å²) in [5.41, 5.74) is 6.60. The monoisotopic (exact) mass is 198 g/mol. The molecule has 3 N–H and O–H groups in total. The summed E-state index contributed by atoms with van der Waals surface area (Å²) in [6.07, 6.45) is -0.269. The number of hydrogen-bond donors (Lipinski definition) is 2. The lowest BCUT2D eigenvalue weighted by molar-refractivity contribution is -0.124.